The Morgan fingerprint density at radius 1 is 1.54 bits per heavy atom. The van der Waals surface area contributed by atoms with E-state index < -0.39 is 0 Å². The number of aromatic nitrogens is 2. The van der Waals surface area contributed by atoms with Gasteiger partial charge in [-0.2, -0.15) is 0 Å². The maximum absolute atomic E-state index is 11.5. The summed E-state index contributed by atoms with van der Waals surface area (Å²) < 4.78 is 0. The first-order valence-corrected chi connectivity index (χ1v) is 4.92. The Morgan fingerprint density at radius 3 is 2.92 bits per heavy atom. The number of halogens is 1. The molecule has 1 aliphatic heterocycles. The van der Waals surface area contributed by atoms with E-state index in [0.717, 1.165) is 6.42 Å². The number of hydrogen-bond donors (Lipinski definition) is 0. The number of carbonyl (C=O) groups excluding carboxylic acids is 1. The van der Waals surface area contributed by atoms with E-state index in [-0.39, 0.29) is 10.7 Å². The highest BCUT2D eigenvalue weighted by atomic mass is 79.9. The van der Waals surface area contributed by atoms with Crippen LogP contribution >= 0.6 is 15.9 Å². The minimum atomic E-state index is -0.0606. The molecular formula is C8H8BrN3O. The molecule has 0 bridgehead atoms. The van der Waals surface area contributed by atoms with Gasteiger partial charge < -0.3 is 0 Å². The maximum atomic E-state index is 11.5. The number of rotatable bonds is 1. The van der Waals surface area contributed by atoms with Gasteiger partial charge in [-0.05, 0) is 6.42 Å². The summed E-state index contributed by atoms with van der Waals surface area (Å²) >= 11 is 3.30. The van der Waals surface area contributed by atoms with Gasteiger partial charge in [0.2, 0.25) is 5.91 Å². The molecule has 68 valence electrons. The highest BCUT2D eigenvalue weighted by Crippen LogP contribution is 2.22. The van der Waals surface area contributed by atoms with Crippen LogP contribution in [0.3, 0.4) is 0 Å². The minimum absolute atomic E-state index is 0.0606. The summed E-state index contributed by atoms with van der Waals surface area (Å²) in [4.78, 5) is 21.1. The van der Waals surface area contributed by atoms with Gasteiger partial charge in [-0.1, -0.05) is 15.9 Å². The lowest BCUT2D eigenvalue weighted by Crippen LogP contribution is -2.27. The molecule has 2 heterocycles. The molecule has 4 nitrogen and oxygen atoms in total. The van der Waals surface area contributed by atoms with Crippen molar-refractivity contribution < 1.29 is 4.79 Å². The van der Waals surface area contributed by atoms with Crippen molar-refractivity contribution in [2.24, 2.45) is 0 Å². The summed E-state index contributed by atoms with van der Waals surface area (Å²) in [7, 11) is 0. The standard InChI is InChI=1S/C8H8BrN3O/c9-6-1-4-12(8(6)13)7-5-10-2-3-11-7/h2-3,5-6H,1,4H2/t6-/m0/s1. The fourth-order valence-corrected chi connectivity index (χ4v) is 1.76. The minimum Gasteiger partial charge on any atom is -0.295 e. The van der Waals surface area contributed by atoms with Gasteiger partial charge in [0, 0.05) is 18.9 Å². The first kappa shape index (κ1) is 8.62. The Hall–Kier alpha value is -0.970. The van der Waals surface area contributed by atoms with Gasteiger partial charge >= 0.3 is 0 Å². The van der Waals surface area contributed by atoms with Gasteiger partial charge in [-0.15, -0.1) is 0 Å². The predicted molar refractivity (Wildman–Crippen MR) is 51.7 cm³/mol. The second kappa shape index (κ2) is 3.41. The average molecular weight is 242 g/mol. The zero-order valence-electron chi connectivity index (χ0n) is 6.85. The van der Waals surface area contributed by atoms with Gasteiger partial charge in [0.25, 0.3) is 0 Å². The van der Waals surface area contributed by atoms with Crippen LogP contribution in [0.4, 0.5) is 5.82 Å². The Morgan fingerprint density at radius 2 is 2.38 bits per heavy atom. The molecule has 0 saturated carbocycles. The predicted octanol–water partition coefficient (Wildman–Crippen LogP) is 0.977. The molecule has 0 unspecified atom stereocenters. The molecule has 0 N–H and O–H groups in total. The highest BCUT2D eigenvalue weighted by molar-refractivity contribution is 9.10. The summed E-state index contributed by atoms with van der Waals surface area (Å²) in [6.07, 6.45) is 5.61. The summed E-state index contributed by atoms with van der Waals surface area (Å²) in [6, 6.07) is 0. The summed E-state index contributed by atoms with van der Waals surface area (Å²) in [6.45, 7) is 0.716. The van der Waals surface area contributed by atoms with Crippen LogP contribution in [0.25, 0.3) is 0 Å². The van der Waals surface area contributed by atoms with Crippen molar-refractivity contribution in [1.29, 1.82) is 0 Å². The van der Waals surface area contributed by atoms with Crippen molar-refractivity contribution in [3.05, 3.63) is 18.6 Å². The normalized spacial score (nSPS) is 22.4. The number of anilines is 1. The van der Waals surface area contributed by atoms with Crippen LogP contribution in [-0.4, -0.2) is 27.2 Å². The third-order valence-electron chi connectivity index (χ3n) is 1.97. The van der Waals surface area contributed by atoms with Crippen LogP contribution < -0.4 is 4.90 Å². The van der Waals surface area contributed by atoms with E-state index in [2.05, 4.69) is 25.9 Å². The Kier molecular flexibility index (Phi) is 2.26. The number of amides is 1. The van der Waals surface area contributed by atoms with Crippen molar-refractivity contribution in [3.63, 3.8) is 0 Å². The van der Waals surface area contributed by atoms with E-state index in [1.54, 1.807) is 23.5 Å². The highest BCUT2D eigenvalue weighted by Gasteiger charge is 2.30. The van der Waals surface area contributed by atoms with Crippen molar-refractivity contribution in [3.8, 4) is 0 Å². The largest absolute Gasteiger partial charge is 0.295 e. The van der Waals surface area contributed by atoms with Crippen LogP contribution in [0.2, 0.25) is 0 Å². The van der Waals surface area contributed by atoms with Gasteiger partial charge in [0.1, 0.15) is 0 Å². The monoisotopic (exact) mass is 241 g/mol. The fourth-order valence-electron chi connectivity index (χ4n) is 1.30. The van der Waals surface area contributed by atoms with E-state index in [1.807, 2.05) is 0 Å². The van der Waals surface area contributed by atoms with E-state index in [9.17, 15) is 4.79 Å². The van der Waals surface area contributed by atoms with Crippen LogP contribution in [0.15, 0.2) is 18.6 Å². The van der Waals surface area contributed by atoms with Crippen LogP contribution in [-0.2, 0) is 4.79 Å². The molecule has 1 amide bonds. The van der Waals surface area contributed by atoms with Gasteiger partial charge in [-0.3, -0.25) is 14.7 Å². The first-order chi connectivity index (χ1) is 6.29. The fraction of sp³-hybridized carbons (Fsp3) is 0.375. The molecule has 1 aromatic rings. The number of carbonyl (C=O) groups is 1. The van der Waals surface area contributed by atoms with E-state index in [0.29, 0.717) is 12.4 Å². The van der Waals surface area contributed by atoms with Crippen molar-refractivity contribution >= 4 is 27.7 Å². The molecule has 2 rings (SSSR count). The molecule has 1 saturated heterocycles. The quantitative estimate of drug-likeness (QED) is 0.689. The molecule has 1 aliphatic rings. The van der Waals surface area contributed by atoms with Gasteiger partial charge in [0.15, 0.2) is 5.82 Å². The molecule has 0 aromatic carbocycles. The molecule has 0 aliphatic carbocycles. The van der Waals surface area contributed by atoms with Gasteiger partial charge in [0.05, 0.1) is 11.0 Å². The Bertz CT molecular complexity index is 316. The van der Waals surface area contributed by atoms with Crippen molar-refractivity contribution in [2.75, 3.05) is 11.4 Å². The lowest BCUT2D eigenvalue weighted by Gasteiger charge is -2.13. The second-order valence-corrected chi connectivity index (χ2v) is 3.92. The molecule has 5 heteroatoms. The van der Waals surface area contributed by atoms with E-state index in [4.69, 9.17) is 0 Å². The second-order valence-electron chi connectivity index (χ2n) is 2.81. The maximum Gasteiger partial charge on any atom is 0.242 e. The molecule has 1 fully saturated rings. The topological polar surface area (TPSA) is 46.1 Å². The third kappa shape index (κ3) is 1.56. The molecule has 0 radical (unpaired) electrons. The van der Waals surface area contributed by atoms with Crippen LogP contribution in [0.1, 0.15) is 6.42 Å². The lowest BCUT2D eigenvalue weighted by atomic mass is 10.4. The van der Waals surface area contributed by atoms with Crippen molar-refractivity contribution in [1.82, 2.24) is 9.97 Å². The molecule has 13 heavy (non-hydrogen) atoms. The van der Waals surface area contributed by atoms with E-state index in [1.165, 1.54) is 0 Å². The zero-order valence-corrected chi connectivity index (χ0v) is 8.44. The number of alkyl halides is 1. The van der Waals surface area contributed by atoms with Crippen LogP contribution in [0.5, 0.6) is 0 Å². The van der Waals surface area contributed by atoms with Crippen molar-refractivity contribution in [2.45, 2.75) is 11.2 Å². The molecule has 0 spiro atoms. The number of hydrogen-bond acceptors (Lipinski definition) is 3. The SMILES string of the molecule is O=C1[C@@H](Br)CCN1c1cnccn1. The van der Waals surface area contributed by atoms with Gasteiger partial charge in [-0.25, -0.2) is 4.98 Å². The third-order valence-corrected chi connectivity index (χ3v) is 2.82. The lowest BCUT2D eigenvalue weighted by molar-refractivity contribution is -0.116. The Labute approximate surface area is 84.1 Å². The zero-order chi connectivity index (χ0) is 9.26. The molecular weight excluding hydrogens is 234 g/mol. The average Bonchev–Trinajstić information content (AvgIpc) is 2.49. The smallest absolute Gasteiger partial charge is 0.242 e. The first-order valence-electron chi connectivity index (χ1n) is 4.00. The Balaban J connectivity index is 2.24. The molecule has 1 atom stereocenters. The summed E-state index contributed by atoms with van der Waals surface area (Å²) in [5.41, 5.74) is 0. The van der Waals surface area contributed by atoms with E-state index >= 15 is 0 Å². The summed E-state index contributed by atoms with van der Waals surface area (Å²) in [5, 5.41) is 0. The number of nitrogens with zero attached hydrogens (tertiary/aromatic N) is 3. The van der Waals surface area contributed by atoms with Crippen LogP contribution in [0, 0.1) is 0 Å². The summed E-state index contributed by atoms with van der Waals surface area (Å²) in [5.74, 6) is 0.704. The molecule has 1 aromatic heterocycles.